The van der Waals surface area contributed by atoms with E-state index in [0.717, 1.165) is 5.82 Å². The second-order valence-corrected chi connectivity index (χ2v) is 4.13. The Kier molecular flexibility index (Phi) is 2.75. The number of carbonyl (C=O) groups excluding carboxylic acids is 1. The zero-order valence-electron chi connectivity index (χ0n) is 10.1. The van der Waals surface area contributed by atoms with Crippen LogP contribution in [0.4, 0.5) is 0 Å². The predicted octanol–water partition coefficient (Wildman–Crippen LogP) is 1.57. The number of aromatic nitrogens is 2. The molecule has 0 unspecified atom stereocenters. The van der Waals surface area contributed by atoms with E-state index >= 15 is 0 Å². The van der Waals surface area contributed by atoms with Gasteiger partial charge in [0.1, 0.15) is 5.82 Å². The third-order valence-electron chi connectivity index (χ3n) is 2.61. The summed E-state index contributed by atoms with van der Waals surface area (Å²) in [4.78, 5) is 15.7. The second-order valence-electron chi connectivity index (χ2n) is 4.13. The Morgan fingerprint density at radius 3 is 2.71 bits per heavy atom. The van der Waals surface area contributed by atoms with Crippen molar-refractivity contribution in [1.29, 1.82) is 0 Å². The highest BCUT2D eigenvalue weighted by Gasteiger charge is 2.19. The van der Waals surface area contributed by atoms with Crippen molar-refractivity contribution in [3.05, 3.63) is 29.7 Å². The molecule has 1 amide bonds. The molecule has 0 radical (unpaired) electrons. The smallest absolute Gasteiger partial charge is 0.269 e. The van der Waals surface area contributed by atoms with Gasteiger partial charge in [-0.25, -0.2) is 4.98 Å². The van der Waals surface area contributed by atoms with Gasteiger partial charge in [-0.3, -0.25) is 9.20 Å². The van der Waals surface area contributed by atoms with E-state index in [-0.39, 0.29) is 11.6 Å². The molecule has 0 aliphatic carbocycles. The monoisotopic (exact) mass is 233 g/mol. The van der Waals surface area contributed by atoms with Crippen molar-refractivity contribution in [2.24, 2.45) is 5.73 Å². The van der Waals surface area contributed by atoms with E-state index < -0.39 is 5.91 Å². The molecule has 5 nitrogen and oxygen atoms in total. The molecule has 17 heavy (non-hydrogen) atoms. The van der Waals surface area contributed by atoms with Crippen molar-refractivity contribution in [1.82, 2.24) is 9.38 Å². The number of nitrogens with two attached hydrogens (primary N) is 1. The number of ether oxygens (including phenoxy) is 1. The SMILES string of the molecule is COc1cccc2c(C(N)=O)nc(C(C)C)n12. The molecule has 0 aliphatic rings. The molecule has 0 spiro atoms. The van der Waals surface area contributed by atoms with Gasteiger partial charge in [-0.2, -0.15) is 0 Å². The molecule has 0 aliphatic heterocycles. The van der Waals surface area contributed by atoms with Gasteiger partial charge in [0.25, 0.3) is 5.91 Å². The molecule has 0 fully saturated rings. The molecule has 2 aromatic rings. The first-order chi connectivity index (χ1) is 8.06. The zero-order valence-corrected chi connectivity index (χ0v) is 10.1. The molecular formula is C12H15N3O2. The summed E-state index contributed by atoms with van der Waals surface area (Å²) >= 11 is 0. The normalized spacial score (nSPS) is 11.1. The van der Waals surface area contributed by atoms with E-state index in [0.29, 0.717) is 11.4 Å². The summed E-state index contributed by atoms with van der Waals surface area (Å²) in [6.45, 7) is 4.01. The molecule has 90 valence electrons. The summed E-state index contributed by atoms with van der Waals surface area (Å²) in [6, 6.07) is 5.44. The number of primary amides is 1. The lowest BCUT2D eigenvalue weighted by molar-refractivity contribution is 0.0997. The summed E-state index contributed by atoms with van der Waals surface area (Å²) in [5.41, 5.74) is 6.30. The maximum Gasteiger partial charge on any atom is 0.269 e. The van der Waals surface area contributed by atoms with Crippen molar-refractivity contribution < 1.29 is 9.53 Å². The largest absolute Gasteiger partial charge is 0.482 e. The molecule has 0 aromatic carbocycles. The summed E-state index contributed by atoms with van der Waals surface area (Å²) in [5, 5.41) is 0. The third kappa shape index (κ3) is 1.73. The van der Waals surface area contributed by atoms with Gasteiger partial charge in [-0.15, -0.1) is 0 Å². The van der Waals surface area contributed by atoms with E-state index in [9.17, 15) is 4.79 Å². The number of hydrogen-bond acceptors (Lipinski definition) is 3. The van der Waals surface area contributed by atoms with Crippen LogP contribution in [0.2, 0.25) is 0 Å². The second kappa shape index (κ2) is 4.08. The van der Waals surface area contributed by atoms with Crippen molar-refractivity contribution in [3.8, 4) is 5.88 Å². The highest BCUT2D eigenvalue weighted by atomic mass is 16.5. The Balaban J connectivity index is 2.86. The van der Waals surface area contributed by atoms with Crippen molar-refractivity contribution in [2.75, 3.05) is 7.11 Å². The van der Waals surface area contributed by atoms with Crippen LogP contribution in [-0.2, 0) is 0 Å². The summed E-state index contributed by atoms with van der Waals surface area (Å²) in [6.07, 6.45) is 0. The van der Waals surface area contributed by atoms with Crippen LogP contribution >= 0.6 is 0 Å². The van der Waals surface area contributed by atoms with Crippen LogP contribution < -0.4 is 10.5 Å². The number of rotatable bonds is 3. The molecule has 0 atom stereocenters. The first-order valence-corrected chi connectivity index (χ1v) is 5.41. The van der Waals surface area contributed by atoms with Gasteiger partial charge in [0.15, 0.2) is 11.6 Å². The van der Waals surface area contributed by atoms with Crippen molar-refractivity contribution in [2.45, 2.75) is 19.8 Å². The first-order valence-electron chi connectivity index (χ1n) is 5.41. The number of methoxy groups -OCH3 is 1. The van der Waals surface area contributed by atoms with Crippen molar-refractivity contribution >= 4 is 11.4 Å². The fourth-order valence-electron chi connectivity index (χ4n) is 1.86. The van der Waals surface area contributed by atoms with E-state index in [2.05, 4.69) is 4.98 Å². The van der Waals surface area contributed by atoms with Crippen LogP contribution in [0.25, 0.3) is 5.52 Å². The van der Waals surface area contributed by atoms with E-state index in [4.69, 9.17) is 10.5 Å². The maximum atomic E-state index is 11.4. The number of nitrogens with zero attached hydrogens (tertiary/aromatic N) is 2. The number of carbonyl (C=O) groups is 1. The topological polar surface area (TPSA) is 69.6 Å². The summed E-state index contributed by atoms with van der Waals surface area (Å²) < 4.78 is 7.11. The lowest BCUT2D eigenvalue weighted by Crippen LogP contribution is -2.12. The molecule has 0 bridgehead atoms. The van der Waals surface area contributed by atoms with E-state index in [1.54, 1.807) is 7.11 Å². The fourth-order valence-corrected chi connectivity index (χ4v) is 1.86. The van der Waals surface area contributed by atoms with Crippen LogP contribution in [0.1, 0.15) is 36.1 Å². The first kappa shape index (κ1) is 11.4. The average Bonchev–Trinajstić information content (AvgIpc) is 2.68. The molecule has 0 saturated carbocycles. The van der Waals surface area contributed by atoms with Gasteiger partial charge in [0.05, 0.1) is 12.6 Å². The maximum absolute atomic E-state index is 11.4. The lowest BCUT2D eigenvalue weighted by Gasteiger charge is -2.08. The van der Waals surface area contributed by atoms with Crippen LogP contribution in [0, 0.1) is 0 Å². The standard InChI is InChI=1S/C12H15N3O2/c1-7(2)12-14-10(11(13)16)8-5-4-6-9(17-3)15(8)12/h4-7H,1-3H3,(H2,13,16). The fraction of sp³-hybridized carbons (Fsp3) is 0.333. The Labute approximate surface area is 99.2 Å². The van der Waals surface area contributed by atoms with Crippen LogP contribution in [0.15, 0.2) is 18.2 Å². The summed E-state index contributed by atoms with van der Waals surface area (Å²) in [5.74, 6) is 1.06. The number of amides is 1. The third-order valence-corrected chi connectivity index (χ3v) is 2.61. The van der Waals surface area contributed by atoms with Gasteiger partial charge < -0.3 is 10.5 Å². The number of imidazole rings is 1. The van der Waals surface area contributed by atoms with Gasteiger partial charge in [-0.1, -0.05) is 19.9 Å². The highest BCUT2D eigenvalue weighted by molar-refractivity contribution is 5.98. The van der Waals surface area contributed by atoms with E-state index in [1.807, 2.05) is 36.4 Å². The Bertz CT molecular complexity index is 572. The van der Waals surface area contributed by atoms with Crippen LogP contribution in [0.3, 0.4) is 0 Å². The number of pyridine rings is 1. The van der Waals surface area contributed by atoms with Crippen LogP contribution in [0.5, 0.6) is 5.88 Å². The quantitative estimate of drug-likeness (QED) is 0.874. The van der Waals surface area contributed by atoms with Gasteiger partial charge in [0, 0.05) is 5.92 Å². The minimum atomic E-state index is -0.525. The minimum absolute atomic E-state index is 0.173. The Morgan fingerprint density at radius 2 is 2.18 bits per heavy atom. The molecule has 2 N–H and O–H groups in total. The molecule has 2 aromatic heterocycles. The Hall–Kier alpha value is -2.04. The molecular weight excluding hydrogens is 218 g/mol. The number of hydrogen-bond donors (Lipinski definition) is 1. The van der Waals surface area contributed by atoms with Crippen LogP contribution in [-0.4, -0.2) is 22.4 Å². The van der Waals surface area contributed by atoms with E-state index in [1.165, 1.54) is 0 Å². The van der Waals surface area contributed by atoms with Gasteiger partial charge in [0.2, 0.25) is 0 Å². The molecule has 2 rings (SSSR count). The summed E-state index contributed by atoms with van der Waals surface area (Å²) in [7, 11) is 1.59. The Morgan fingerprint density at radius 1 is 1.47 bits per heavy atom. The van der Waals surface area contributed by atoms with Crippen molar-refractivity contribution in [3.63, 3.8) is 0 Å². The number of fused-ring (bicyclic) bond motifs is 1. The predicted molar refractivity (Wildman–Crippen MR) is 64.4 cm³/mol. The molecule has 2 heterocycles. The average molecular weight is 233 g/mol. The van der Waals surface area contributed by atoms with Gasteiger partial charge >= 0.3 is 0 Å². The molecule has 5 heteroatoms. The highest BCUT2D eigenvalue weighted by Crippen LogP contribution is 2.24. The zero-order chi connectivity index (χ0) is 12.6. The van der Waals surface area contributed by atoms with Gasteiger partial charge in [-0.05, 0) is 12.1 Å². The lowest BCUT2D eigenvalue weighted by atomic mass is 10.2. The minimum Gasteiger partial charge on any atom is -0.482 e. The molecule has 0 saturated heterocycles.